The van der Waals surface area contributed by atoms with Gasteiger partial charge in [0.25, 0.3) is 5.91 Å². The first kappa shape index (κ1) is 23.2. The maximum absolute atomic E-state index is 12.5. The van der Waals surface area contributed by atoms with Crippen LogP contribution in [0.15, 0.2) is 48.5 Å². The molecule has 0 aliphatic carbocycles. The van der Waals surface area contributed by atoms with Crippen LogP contribution in [0.25, 0.3) is 0 Å². The molecule has 7 heteroatoms. The summed E-state index contributed by atoms with van der Waals surface area (Å²) in [5.74, 6) is -2.49. The van der Waals surface area contributed by atoms with Crippen LogP contribution in [0.4, 0.5) is 0 Å². The molecule has 3 rings (SSSR count). The van der Waals surface area contributed by atoms with E-state index in [-0.39, 0.29) is 36.7 Å². The number of ketones is 1. The second-order valence-electron chi connectivity index (χ2n) is 9.07. The first-order valence-electron chi connectivity index (χ1n) is 10.5. The van der Waals surface area contributed by atoms with Crippen molar-refractivity contribution in [2.45, 2.75) is 39.5 Å². The van der Waals surface area contributed by atoms with Crippen molar-refractivity contribution >= 4 is 23.6 Å². The molecular weight excluding hydrogens is 408 g/mol. The highest BCUT2D eigenvalue weighted by molar-refractivity contribution is 5.99. The monoisotopic (exact) mass is 436 g/mol. The molecule has 0 aromatic heterocycles. The lowest BCUT2D eigenvalue weighted by atomic mass is 9.87. The fourth-order valence-corrected chi connectivity index (χ4v) is 3.36. The topological polar surface area (TPSA) is 92.8 Å². The number of rotatable bonds is 6. The Hall–Kier alpha value is -3.48. The quantitative estimate of drug-likeness (QED) is 0.554. The molecule has 0 unspecified atom stereocenters. The Morgan fingerprint density at radius 2 is 1.59 bits per heavy atom. The molecule has 7 nitrogen and oxygen atoms in total. The molecule has 1 heterocycles. The molecule has 2 aromatic carbocycles. The fourth-order valence-electron chi connectivity index (χ4n) is 3.36. The van der Waals surface area contributed by atoms with Gasteiger partial charge in [0, 0.05) is 17.5 Å². The molecular formula is C25H28N2O5. The van der Waals surface area contributed by atoms with Crippen molar-refractivity contribution < 1.29 is 23.9 Å². The number of aryl methyl sites for hydroxylation is 1. The number of hydrogen-bond acceptors (Lipinski definition) is 5. The standard InChI is InChI=1S/C25H28N2O5/c1-16-5-7-17(8-6-16)21(28)15-32-24(31)19-13-22(29)27(14-19)26-23(30)18-9-11-20(12-10-18)25(2,3)4/h5-12,19H,13-15H2,1-4H3,(H,26,30)/t19-/m1/s1. The van der Waals surface area contributed by atoms with E-state index in [0.717, 1.165) is 16.1 Å². The van der Waals surface area contributed by atoms with Crippen molar-refractivity contribution in [2.75, 3.05) is 13.2 Å². The maximum atomic E-state index is 12.5. The Balaban J connectivity index is 1.52. The summed E-state index contributed by atoms with van der Waals surface area (Å²) in [5.41, 5.74) is 5.51. The molecule has 1 saturated heterocycles. The number of carbonyl (C=O) groups excluding carboxylic acids is 4. The number of carbonyl (C=O) groups is 4. The molecule has 168 valence electrons. The number of Topliss-reactive ketones (excluding diaryl/α,β-unsaturated/α-hetero) is 1. The van der Waals surface area contributed by atoms with Crippen LogP contribution < -0.4 is 5.43 Å². The van der Waals surface area contributed by atoms with Crippen LogP contribution in [0.5, 0.6) is 0 Å². The molecule has 32 heavy (non-hydrogen) atoms. The van der Waals surface area contributed by atoms with Crippen molar-refractivity contribution in [1.82, 2.24) is 10.4 Å². The fraction of sp³-hybridized carbons (Fsp3) is 0.360. The summed E-state index contributed by atoms with van der Waals surface area (Å²) in [7, 11) is 0. The first-order chi connectivity index (χ1) is 15.0. The van der Waals surface area contributed by atoms with Crippen molar-refractivity contribution in [3.05, 3.63) is 70.8 Å². The largest absolute Gasteiger partial charge is 0.457 e. The molecule has 2 aromatic rings. The van der Waals surface area contributed by atoms with Gasteiger partial charge in [-0.3, -0.25) is 29.6 Å². The number of nitrogens with zero attached hydrogens (tertiary/aromatic N) is 1. The normalized spacial score (nSPS) is 16.1. The molecule has 1 N–H and O–H groups in total. The predicted octanol–water partition coefficient (Wildman–Crippen LogP) is 3.21. The molecule has 1 aliphatic rings. The summed E-state index contributed by atoms with van der Waals surface area (Å²) < 4.78 is 5.12. The van der Waals surface area contributed by atoms with Crippen molar-refractivity contribution in [1.29, 1.82) is 0 Å². The third kappa shape index (κ3) is 5.60. The summed E-state index contributed by atoms with van der Waals surface area (Å²) in [6.07, 6.45) is -0.0825. The molecule has 2 amide bonds. The minimum Gasteiger partial charge on any atom is -0.457 e. The van der Waals surface area contributed by atoms with Gasteiger partial charge in [0.2, 0.25) is 5.91 Å². The van der Waals surface area contributed by atoms with Gasteiger partial charge >= 0.3 is 5.97 Å². The Morgan fingerprint density at radius 3 is 2.19 bits per heavy atom. The highest BCUT2D eigenvalue weighted by Gasteiger charge is 2.36. The molecule has 1 aliphatic heterocycles. The van der Waals surface area contributed by atoms with Gasteiger partial charge in [-0.2, -0.15) is 0 Å². The number of esters is 1. The van der Waals surface area contributed by atoms with E-state index in [1.54, 1.807) is 24.3 Å². The highest BCUT2D eigenvalue weighted by Crippen LogP contribution is 2.22. The number of nitrogens with one attached hydrogen (secondary N) is 1. The lowest BCUT2D eigenvalue weighted by Gasteiger charge is -2.20. The summed E-state index contributed by atoms with van der Waals surface area (Å²) in [6, 6.07) is 14.1. The van der Waals surface area contributed by atoms with E-state index in [1.165, 1.54) is 0 Å². The van der Waals surface area contributed by atoms with E-state index in [0.29, 0.717) is 11.1 Å². The molecule has 1 fully saturated rings. The first-order valence-corrected chi connectivity index (χ1v) is 10.5. The minimum absolute atomic E-state index is 0.00219. The maximum Gasteiger partial charge on any atom is 0.311 e. The third-order valence-corrected chi connectivity index (χ3v) is 5.43. The second kappa shape index (κ2) is 9.34. The van der Waals surface area contributed by atoms with E-state index in [1.807, 2.05) is 31.2 Å². The van der Waals surface area contributed by atoms with Gasteiger partial charge in [-0.05, 0) is 30.0 Å². The van der Waals surface area contributed by atoms with Crippen molar-refractivity contribution in [3.63, 3.8) is 0 Å². The summed E-state index contributed by atoms with van der Waals surface area (Å²) in [6.45, 7) is 7.77. The predicted molar refractivity (Wildman–Crippen MR) is 119 cm³/mol. The Morgan fingerprint density at radius 1 is 1.00 bits per heavy atom. The van der Waals surface area contributed by atoms with E-state index < -0.39 is 17.8 Å². The Kier molecular flexibility index (Phi) is 6.77. The zero-order chi connectivity index (χ0) is 23.5. The summed E-state index contributed by atoms with van der Waals surface area (Å²) in [5, 5.41) is 1.13. The number of benzene rings is 2. The number of hydrogen-bond donors (Lipinski definition) is 1. The van der Waals surface area contributed by atoms with Crippen LogP contribution >= 0.6 is 0 Å². The molecule has 0 radical (unpaired) electrons. The summed E-state index contributed by atoms with van der Waals surface area (Å²) >= 11 is 0. The van der Waals surface area contributed by atoms with E-state index in [2.05, 4.69) is 26.2 Å². The lowest BCUT2D eigenvalue weighted by Crippen LogP contribution is -2.43. The van der Waals surface area contributed by atoms with Crippen LogP contribution in [-0.2, 0) is 19.7 Å². The number of hydrazine groups is 1. The van der Waals surface area contributed by atoms with Gasteiger partial charge < -0.3 is 4.74 Å². The minimum atomic E-state index is -0.739. The van der Waals surface area contributed by atoms with Crippen LogP contribution in [0.3, 0.4) is 0 Å². The average Bonchev–Trinajstić information content (AvgIpc) is 3.12. The Labute approximate surface area is 187 Å². The third-order valence-electron chi connectivity index (χ3n) is 5.43. The van der Waals surface area contributed by atoms with Gasteiger partial charge in [-0.25, -0.2) is 0 Å². The van der Waals surface area contributed by atoms with Gasteiger partial charge in [0.15, 0.2) is 12.4 Å². The van der Waals surface area contributed by atoms with Crippen LogP contribution in [0.2, 0.25) is 0 Å². The van der Waals surface area contributed by atoms with Crippen LogP contribution in [-0.4, -0.2) is 41.7 Å². The van der Waals surface area contributed by atoms with Crippen LogP contribution in [0.1, 0.15) is 59.0 Å². The molecule has 0 saturated carbocycles. The number of amides is 2. The summed E-state index contributed by atoms with van der Waals surface area (Å²) in [4.78, 5) is 49.3. The average molecular weight is 437 g/mol. The highest BCUT2D eigenvalue weighted by atomic mass is 16.5. The van der Waals surface area contributed by atoms with E-state index in [9.17, 15) is 19.2 Å². The molecule has 0 spiro atoms. The van der Waals surface area contributed by atoms with Gasteiger partial charge in [0.05, 0.1) is 12.5 Å². The van der Waals surface area contributed by atoms with Crippen molar-refractivity contribution in [3.8, 4) is 0 Å². The van der Waals surface area contributed by atoms with Crippen LogP contribution in [0, 0.1) is 12.8 Å². The SMILES string of the molecule is Cc1ccc(C(=O)COC(=O)[C@@H]2CC(=O)N(NC(=O)c3ccc(C(C)(C)C)cc3)C2)cc1. The van der Waals surface area contributed by atoms with E-state index in [4.69, 9.17) is 4.74 Å². The molecule has 0 bridgehead atoms. The van der Waals surface area contributed by atoms with Gasteiger partial charge in [-0.15, -0.1) is 0 Å². The molecule has 1 atom stereocenters. The second-order valence-corrected chi connectivity index (χ2v) is 9.07. The van der Waals surface area contributed by atoms with Gasteiger partial charge in [-0.1, -0.05) is 62.7 Å². The zero-order valence-electron chi connectivity index (χ0n) is 18.8. The lowest BCUT2D eigenvalue weighted by molar-refractivity contribution is -0.147. The number of ether oxygens (including phenoxy) is 1. The van der Waals surface area contributed by atoms with Gasteiger partial charge in [0.1, 0.15) is 0 Å². The zero-order valence-corrected chi connectivity index (χ0v) is 18.8. The Bertz CT molecular complexity index is 1020. The smallest absolute Gasteiger partial charge is 0.311 e. The van der Waals surface area contributed by atoms with E-state index >= 15 is 0 Å². The van der Waals surface area contributed by atoms with Crippen molar-refractivity contribution in [2.24, 2.45) is 5.92 Å².